The first-order valence-electron chi connectivity index (χ1n) is 10.9. The molecule has 0 saturated heterocycles. The van der Waals surface area contributed by atoms with Crippen molar-refractivity contribution in [2.45, 2.75) is 64.7 Å². The lowest BCUT2D eigenvalue weighted by Gasteiger charge is -2.35. The summed E-state index contributed by atoms with van der Waals surface area (Å²) in [6.45, 7) is 12.2. The standard InChI is InChI=1S/C22H42N2O4S/c1-5-8-9-10-11-12-13-14-17-23(16-6-2)22(25)21-24(4,18-7-3)19-15-20-29(26,27)28/h6-7H,2-3,5,8-21H2,1,4H3. The number of carbonyl (C=O) groups is 1. The number of unbranched alkanes of at least 4 members (excludes halogenated alkanes) is 7. The van der Waals surface area contributed by atoms with Gasteiger partial charge in [-0.05, 0) is 12.5 Å². The van der Waals surface area contributed by atoms with E-state index in [1.165, 1.54) is 38.5 Å². The second-order valence-corrected chi connectivity index (χ2v) is 9.71. The fourth-order valence-electron chi connectivity index (χ4n) is 3.51. The highest BCUT2D eigenvalue weighted by Crippen LogP contribution is 2.11. The molecule has 1 atom stereocenters. The minimum atomic E-state index is -4.23. The summed E-state index contributed by atoms with van der Waals surface area (Å²) in [5.74, 6) is -0.372. The fraction of sp³-hybridized carbons (Fsp3) is 0.773. The Morgan fingerprint density at radius 1 is 1.00 bits per heavy atom. The quantitative estimate of drug-likeness (QED) is 0.135. The molecular weight excluding hydrogens is 388 g/mol. The molecule has 0 heterocycles. The summed E-state index contributed by atoms with van der Waals surface area (Å²) in [4.78, 5) is 14.7. The number of carbonyl (C=O) groups excluding carboxylic acids is 1. The van der Waals surface area contributed by atoms with Crippen molar-refractivity contribution < 1.29 is 22.2 Å². The molecule has 1 unspecified atom stereocenters. The van der Waals surface area contributed by atoms with E-state index in [9.17, 15) is 17.8 Å². The summed E-state index contributed by atoms with van der Waals surface area (Å²) in [6, 6.07) is 0. The summed E-state index contributed by atoms with van der Waals surface area (Å²) >= 11 is 0. The van der Waals surface area contributed by atoms with Gasteiger partial charge in [0.2, 0.25) is 0 Å². The second-order valence-electron chi connectivity index (χ2n) is 8.19. The highest BCUT2D eigenvalue weighted by Gasteiger charge is 2.26. The average molecular weight is 431 g/mol. The van der Waals surface area contributed by atoms with Crippen LogP contribution < -0.4 is 0 Å². The third kappa shape index (κ3) is 15.3. The normalized spacial score (nSPS) is 13.6. The number of quaternary nitrogens is 1. The summed E-state index contributed by atoms with van der Waals surface area (Å²) in [5.41, 5.74) is 0. The molecule has 6 nitrogen and oxygen atoms in total. The Bertz CT molecular complexity index is 577. The van der Waals surface area contributed by atoms with E-state index in [0.29, 0.717) is 30.7 Å². The van der Waals surface area contributed by atoms with E-state index in [1.807, 2.05) is 11.9 Å². The van der Waals surface area contributed by atoms with Crippen LogP contribution >= 0.6 is 0 Å². The molecule has 0 aliphatic rings. The third-order valence-corrected chi connectivity index (χ3v) is 5.95. The zero-order valence-corrected chi connectivity index (χ0v) is 19.4. The maximum atomic E-state index is 12.9. The molecule has 0 aromatic rings. The molecule has 0 fully saturated rings. The van der Waals surface area contributed by atoms with E-state index in [0.717, 1.165) is 12.8 Å². The van der Waals surface area contributed by atoms with Crippen LogP contribution in [0.3, 0.4) is 0 Å². The molecule has 0 radical (unpaired) electrons. The van der Waals surface area contributed by atoms with Crippen molar-refractivity contribution in [1.29, 1.82) is 0 Å². The Morgan fingerprint density at radius 3 is 2.10 bits per heavy atom. The molecule has 0 aromatic heterocycles. The number of rotatable bonds is 19. The summed E-state index contributed by atoms with van der Waals surface area (Å²) in [6.07, 6.45) is 13.4. The van der Waals surface area contributed by atoms with Crippen LogP contribution in [0.4, 0.5) is 0 Å². The topological polar surface area (TPSA) is 77.5 Å². The van der Waals surface area contributed by atoms with Gasteiger partial charge in [-0.2, -0.15) is 0 Å². The van der Waals surface area contributed by atoms with Gasteiger partial charge in [-0.25, -0.2) is 8.42 Å². The molecule has 0 saturated carbocycles. The number of amides is 1. The highest BCUT2D eigenvalue weighted by atomic mass is 32.2. The lowest BCUT2D eigenvalue weighted by molar-refractivity contribution is -0.896. The van der Waals surface area contributed by atoms with Crippen molar-refractivity contribution in [1.82, 2.24) is 4.90 Å². The SMILES string of the molecule is C=CCN(CCCCCCCCCC)C(=O)C[N+](C)(CC=C)CCCS(=O)(=O)[O-]. The van der Waals surface area contributed by atoms with Crippen LogP contribution in [-0.2, 0) is 14.9 Å². The average Bonchev–Trinajstić information content (AvgIpc) is 2.61. The first-order valence-corrected chi connectivity index (χ1v) is 12.5. The van der Waals surface area contributed by atoms with Gasteiger partial charge in [0.15, 0.2) is 6.54 Å². The van der Waals surface area contributed by atoms with E-state index in [1.54, 1.807) is 12.2 Å². The maximum Gasteiger partial charge on any atom is 0.278 e. The van der Waals surface area contributed by atoms with Gasteiger partial charge >= 0.3 is 0 Å². The molecule has 7 heteroatoms. The van der Waals surface area contributed by atoms with Crippen molar-refractivity contribution in [3.05, 3.63) is 25.3 Å². The van der Waals surface area contributed by atoms with Gasteiger partial charge in [0, 0.05) is 25.3 Å². The predicted molar refractivity (Wildman–Crippen MR) is 120 cm³/mol. The van der Waals surface area contributed by atoms with Crippen LogP contribution in [0.2, 0.25) is 0 Å². The van der Waals surface area contributed by atoms with Gasteiger partial charge in [0.05, 0.1) is 30.3 Å². The minimum absolute atomic E-state index is 0.0298. The van der Waals surface area contributed by atoms with E-state index in [4.69, 9.17) is 0 Å². The van der Waals surface area contributed by atoms with E-state index in [2.05, 4.69) is 20.1 Å². The molecular formula is C22H42N2O4S. The largest absolute Gasteiger partial charge is 0.748 e. The summed E-state index contributed by atoms with van der Waals surface area (Å²) in [5, 5.41) is 0. The Morgan fingerprint density at radius 2 is 1.59 bits per heavy atom. The van der Waals surface area contributed by atoms with Crippen LogP contribution in [0.15, 0.2) is 25.3 Å². The molecule has 0 N–H and O–H groups in total. The van der Waals surface area contributed by atoms with Crippen LogP contribution in [-0.4, -0.2) is 73.8 Å². The first kappa shape index (κ1) is 27.8. The molecule has 0 rings (SSSR count). The monoisotopic (exact) mass is 430 g/mol. The summed E-state index contributed by atoms with van der Waals surface area (Å²) in [7, 11) is -2.33. The predicted octanol–water partition coefficient (Wildman–Crippen LogP) is 3.71. The highest BCUT2D eigenvalue weighted by molar-refractivity contribution is 7.85. The minimum Gasteiger partial charge on any atom is -0.748 e. The van der Waals surface area contributed by atoms with Gasteiger partial charge in [-0.1, -0.05) is 64.5 Å². The number of nitrogens with zero attached hydrogens (tertiary/aromatic N) is 2. The smallest absolute Gasteiger partial charge is 0.278 e. The Labute approximate surface area is 179 Å². The van der Waals surface area contributed by atoms with Gasteiger partial charge < -0.3 is 13.9 Å². The second kappa shape index (κ2) is 15.6. The lowest BCUT2D eigenvalue weighted by Crippen LogP contribution is -2.52. The van der Waals surface area contributed by atoms with E-state index >= 15 is 0 Å². The van der Waals surface area contributed by atoms with Crippen LogP contribution in [0.1, 0.15) is 64.7 Å². The molecule has 0 aromatic carbocycles. The van der Waals surface area contributed by atoms with Crippen molar-refractivity contribution >= 4 is 16.0 Å². The van der Waals surface area contributed by atoms with Crippen molar-refractivity contribution in [3.8, 4) is 0 Å². The first-order chi connectivity index (χ1) is 13.7. The van der Waals surface area contributed by atoms with Gasteiger partial charge in [-0.15, -0.1) is 6.58 Å². The van der Waals surface area contributed by atoms with Gasteiger partial charge in [0.1, 0.15) is 0 Å². The number of hydrogen-bond acceptors (Lipinski definition) is 4. The maximum absolute atomic E-state index is 12.9. The molecule has 1 amide bonds. The van der Waals surface area contributed by atoms with Crippen molar-refractivity contribution in [2.24, 2.45) is 0 Å². The zero-order chi connectivity index (χ0) is 22.2. The Hall–Kier alpha value is -1.18. The Kier molecular flexibility index (Phi) is 15.0. The molecule has 0 aliphatic heterocycles. The Balaban J connectivity index is 4.53. The molecule has 170 valence electrons. The lowest BCUT2D eigenvalue weighted by atomic mass is 10.1. The van der Waals surface area contributed by atoms with E-state index < -0.39 is 15.9 Å². The van der Waals surface area contributed by atoms with Gasteiger partial charge in [0.25, 0.3) is 5.91 Å². The van der Waals surface area contributed by atoms with E-state index in [-0.39, 0.29) is 18.9 Å². The third-order valence-electron chi connectivity index (χ3n) is 5.16. The zero-order valence-electron chi connectivity index (χ0n) is 18.6. The number of likely N-dealkylation sites (N-methyl/N-ethyl adjacent to an activating group) is 1. The van der Waals surface area contributed by atoms with Crippen molar-refractivity contribution in [2.75, 3.05) is 45.5 Å². The van der Waals surface area contributed by atoms with Crippen LogP contribution in [0.5, 0.6) is 0 Å². The molecule has 0 aliphatic carbocycles. The van der Waals surface area contributed by atoms with Crippen LogP contribution in [0.25, 0.3) is 0 Å². The van der Waals surface area contributed by atoms with Crippen LogP contribution in [0, 0.1) is 0 Å². The fourth-order valence-corrected chi connectivity index (χ4v) is 3.99. The van der Waals surface area contributed by atoms with Crippen molar-refractivity contribution in [3.63, 3.8) is 0 Å². The molecule has 0 spiro atoms. The molecule has 0 bridgehead atoms. The van der Waals surface area contributed by atoms with Gasteiger partial charge in [-0.3, -0.25) is 4.79 Å². The molecule has 29 heavy (non-hydrogen) atoms. The number of hydrogen-bond donors (Lipinski definition) is 0. The summed E-state index contributed by atoms with van der Waals surface area (Å²) < 4.78 is 33.0.